The molecule has 0 aromatic heterocycles. The van der Waals surface area contributed by atoms with Crippen molar-refractivity contribution in [1.82, 2.24) is 0 Å². The second-order valence-electron chi connectivity index (χ2n) is 5.03. The van der Waals surface area contributed by atoms with Gasteiger partial charge in [0, 0.05) is 6.54 Å². The van der Waals surface area contributed by atoms with Gasteiger partial charge in [0.25, 0.3) is 0 Å². The lowest BCUT2D eigenvalue weighted by molar-refractivity contribution is -0.142. The summed E-state index contributed by atoms with van der Waals surface area (Å²) < 4.78 is 5.62. The highest BCUT2D eigenvalue weighted by Crippen LogP contribution is 2.26. The van der Waals surface area contributed by atoms with Crippen LogP contribution in [0, 0.1) is 11.8 Å². The summed E-state index contributed by atoms with van der Waals surface area (Å²) in [7, 11) is 0. The van der Waals surface area contributed by atoms with Crippen molar-refractivity contribution in [3.63, 3.8) is 0 Å². The third-order valence-electron chi connectivity index (χ3n) is 3.61. The van der Waals surface area contributed by atoms with Crippen molar-refractivity contribution in [3.8, 4) is 5.75 Å². The Bertz CT molecular complexity index is 420. The average Bonchev–Trinajstić information content (AvgIpc) is 2.45. The van der Waals surface area contributed by atoms with Gasteiger partial charge in [0.05, 0.1) is 12.5 Å². The van der Waals surface area contributed by atoms with Gasteiger partial charge >= 0.3 is 5.97 Å². The highest BCUT2D eigenvalue weighted by Gasteiger charge is 2.21. The van der Waals surface area contributed by atoms with Gasteiger partial charge in [-0.1, -0.05) is 31.5 Å². The van der Waals surface area contributed by atoms with E-state index in [1.54, 1.807) is 0 Å². The lowest BCUT2D eigenvalue weighted by Gasteiger charge is -2.20. The number of carbonyl (C=O) groups is 1. The molecule has 0 aliphatic rings. The van der Waals surface area contributed by atoms with E-state index in [1.807, 2.05) is 31.2 Å². The lowest BCUT2D eigenvalue weighted by atomic mass is 9.87. The summed E-state index contributed by atoms with van der Waals surface area (Å²) in [5.41, 5.74) is 6.68. The van der Waals surface area contributed by atoms with Crippen molar-refractivity contribution in [3.05, 3.63) is 29.8 Å². The number of ether oxygens (including phenoxy) is 1. The van der Waals surface area contributed by atoms with Gasteiger partial charge in [-0.05, 0) is 37.3 Å². The van der Waals surface area contributed by atoms with E-state index >= 15 is 0 Å². The standard InChI is InChI=1S/C16H25NO3/c1-3-12(10-14(11-17)16(18)19)9-13-7-5-6-8-15(13)20-4-2/h5-8,12,14H,3-4,9-11,17H2,1-2H3,(H,18,19). The van der Waals surface area contributed by atoms with E-state index in [4.69, 9.17) is 15.6 Å². The maximum Gasteiger partial charge on any atom is 0.307 e. The van der Waals surface area contributed by atoms with Gasteiger partial charge in [-0.25, -0.2) is 0 Å². The Kier molecular flexibility index (Phi) is 7.09. The molecule has 3 N–H and O–H groups in total. The van der Waals surface area contributed by atoms with Gasteiger partial charge in [-0.2, -0.15) is 0 Å². The Morgan fingerprint density at radius 3 is 2.60 bits per heavy atom. The number of carboxylic acid groups (broad SMARTS) is 1. The Labute approximate surface area is 120 Å². The number of rotatable bonds is 9. The van der Waals surface area contributed by atoms with Crippen molar-refractivity contribution in [2.75, 3.05) is 13.2 Å². The first-order valence-electron chi connectivity index (χ1n) is 7.25. The second-order valence-corrected chi connectivity index (χ2v) is 5.03. The molecule has 0 aliphatic heterocycles. The largest absolute Gasteiger partial charge is 0.494 e. The molecule has 2 unspecified atom stereocenters. The van der Waals surface area contributed by atoms with Crippen LogP contribution in [0.3, 0.4) is 0 Å². The minimum absolute atomic E-state index is 0.193. The Hall–Kier alpha value is -1.55. The van der Waals surface area contributed by atoms with E-state index in [2.05, 4.69) is 6.92 Å². The normalized spacial score (nSPS) is 13.8. The molecular formula is C16H25NO3. The van der Waals surface area contributed by atoms with Crippen molar-refractivity contribution in [2.24, 2.45) is 17.6 Å². The molecule has 0 amide bonds. The molecule has 2 atom stereocenters. The number of carboxylic acids is 1. The van der Waals surface area contributed by atoms with Gasteiger partial charge in [-0.15, -0.1) is 0 Å². The molecule has 0 radical (unpaired) electrons. The van der Waals surface area contributed by atoms with Crippen LogP contribution >= 0.6 is 0 Å². The number of hydrogen-bond donors (Lipinski definition) is 2. The van der Waals surface area contributed by atoms with Crippen LogP contribution in [0.5, 0.6) is 5.75 Å². The molecule has 1 rings (SSSR count). The summed E-state index contributed by atoms with van der Waals surface area (Å²) in [6.07, 6.45) is 2.38. The summed E-state index contributed by atoms with van der Waals surface area (Å²) in [6, 6.07) is 7.95. The van der Waals surface area contributed by atoms with E-state index in [1.165, 1.54) is 0 Å². The van der Waals surface area contributed by atoms with Crippen LogP contribution in [0.2, 0.25) is 0 Å². The fourth-order valence-corrected chi connectivity index (χ4v) is 2.37. The third kappa shape index (κ3) is 4.85. The summed E-state index contributed by atoms with van der Waals surface area (Å²) in [5.74, 6) is -0.0578. The predicted molar refractivity (Wildman–Crippen MR) is 79.9 cm³/mol. The molecular weight excluding hydrogens is 254 g/mol. The molecule has 1 aromatic rings. The molecule has 0 spiro atoms. The van der Waals surface area contributed by atoms with E-state index < -0.39 is 11.9 Å². The SMILES string of the molecule is CCOc1ccccc1CC(CC)CC(CN)C(=O)O. The first-order valence-corrected chi connectivity index (χ1v) is 7.25. The minimum Gasteiger partial charge on any atom is -0.494 e. The quantitative estimate of drug-likeness (QED) is 0.729. The molecule has 0 saturated heterocycles. The highest BCUT2D eigenvalue weighted by molar-refractivity contribution is 5.70. The molecule has 1 aromatic carbocycles. The predicted octanol–water partition coefficient (Wildman–Crippen LogP) is 2.70. The topological polar surface area (TPSA) is 72.5 Å². The van der Waals surface area contributed by atoms with Crippen molar-refractivity contribution < 1.29 is 14.6 Å². The molecule has 112 valence electrons. The first-order chi connectivity index (χ1) is 9.62. The Morgan fingerprint density at radius 2 is 2.05 bits per heavy atom. The lowest BCUT2D eigenvalue weighted by Crippen LogP contribution is -2.26. The zero-order valence-corrected chi connectivity index (χ0v) is 12.3. The number of aliphatic carboxylic acids is 1. The molecule has 0 saturated carbocycles. The van der Waals surface area contributed by atoms with Crippen LogP contribution in [0.15, 0.2) is 24.3 Å². The number of para-hydroxylation sites is 1. The summed E-state index contributed by atoms with van der Waals surface area (Å²) >= 11 is 0. The van der Waals surface area contributed by atoms with Crippen LogP contribution < -0.4 is 10.5 Å². The summed E-state index contributed by atoms with van der Waals surface area (Å²) in [6.45, 7) is 4.87. The van der Waals surface area contributed by atoms with E-state index in [-0.39, 0.29) is 6.54 Å². The second kappa shape index (κ2) is 8.59. The smallest absolute Gasteiger partial charge is 0.307 e. The van der Waals surface area contributed by atoms with Crippen molar-refractivity contribution in [2.45, 2.75) is 33.1 Å². The van der Waals surface area contributed by atoms with Crippen LogP contribution in [0.1, 0.15) is 32.3 Å². The maximum absolute atomic E-state index is 11.1. The average molecular weight is 279 g/mol. The zero-order valence-electron chi connectivity index (χ0n) is 12.3. The fourth-order valence-electron chi connectivity index (χ4n) is 2.37. The van der Waals surface area contributed by atoms with Crippen LogP contribution in [0.25, 0.3) is 0 Å². The molecule has 4 nitrogen and oxygen atoms in total. The summed E-state index contributed by atoms with van der Waals surface area (Å²) in [4.78, 5) is 11.1. The number of benzene rings is 1. The van der Waals surface area contributed by atoms with Gasteiger partial charge in [0.1, 0.15) is 5.75 Å². The maximum atomic E-state index is 11.1. The molecule has 20 heavy (non-hydrogen) atoms. The first kappa shape index (κ1) is 16.5. The van der Waals surface area contributed by atoms with E-state index in [0.717, 1.165) is 24.2 Å². The highest BCUT2D eigenvalue weighted by atomic mass is 16.5. The zero-order chi connectivity index (χ0) is 15.0. The van der Waals surface area contributed by atoms with Crippen LogP contribution in [-0.2, 0) is 11.2 Å². The van der Waals surface area contributed by atoms with Crippen LogP contribution in [-0.4, -0.2) is 24.2 Å². The van der Waals surface area contributed by atoms with E-state index in [0.29, 0.717) is 18.9 Å². The van der Waals surface area contributed by atoms with Gasteiger partial charge in [0.2, 0.25) is 0 Å². The van der Waals surface area contributed by atoms with Gasteiger partial charge in [-0.3, -0.25) is 4.79 Å². The molecule has 0 fully saturated rings. The van der Waals surface area contributed by atoms with Gasteiger partial charge in [0.15, 0.2) is 0 Å². The molecule has 4 heteroatoms. The van der Waals surface area contributed by atoms with Crippen LogP contribution in [0.4, 0.5) is 0 Å². The molecule has 0 heterocycles. The monoisotopic (exact) mass is 279 g/mol. The molecule has 0 bridgehead atoms. The third-order valence-corrected chi connectivity index (χ3v) is 3.61. The number of nitrogens with two attached hydrogens (primary N) is 1. The molecule has 0 aliphatic carbocycles. The Morgan fingerprint density at radius 1 is 1.35 bits per heavy atom. The fraction of sp³-hybridized carbons (Fsp3) is 0.562. The minimum atomic E-state index is -0.802. The Balaban J connectivity index is 2.75. The summed E-state index contributed by atoms with van der Waals surface area (Å²) in [5, 5.41) is 9.12. The van der Waals surface area contributed by atoms with Crippen molar-refractivity contribution in [1.29, 1.82) is 0 Å². The van der Waals surface area contributed by atoms with Gasteiger partial charge < -0.3 is 15.6 Å². The van der Waals surface area contributed by atoms with Crippen molar-refractivity contribution >= 4 is 5.97 Å². The number of hydrogen-bond acceptors (Lipinski definition) is 3. The van der Waals surface area contributed by atoms with E-state index in [9.17, 15) is 4.79 Å².